The normalized spacial score (nSPS) is 13.3. The third kappa shape index (κ3) is 4.40. The summed E-state index contributed by atoms with van der Waals surface area (Å²) < 4.78 is 23.8. The van der Waals surface area contributed by atoms with E-state index in [-0.39, 0.29) is 6.42 Å². The van der Waals surface area contributed by atoms with Gasteiger partial charge < -0.3 is 0 Å². The minimum atomic E-state index is -1.21. The van der Waals surface area contributed by atoms with Gasteiger partial charge in [-0.2, -0.15) is 4.39 Å². The van der Waals surface area contributed by atoms with E-state index in [4.69, 9.17) is 11.6 Å². The summed E-state index contributed by atoms with van der Waals surface area (Å²) in [4.78, 5) is 0. The molecule has 0 unspecified atom stereocenters. The lowest BCUT2D eigenvalue weighted by Crippen LogP contribution is -1.75. The molecule has 3 heteroatoms. The topological polar surface area (TPSA) is 0 Å². The van der Waals surface area contributed by atoms with Gasteiger partial charge in [0.05, 0.1) is 0 Å². The van der Waals surface area contributed by atoms with Crippen molar-refractivity contribution in [2.45, 2.75) is 26.2 Å². The zero-order valence-corrected chi connectivity index (χ0v) is 6.01. The first kappa shape index (κ1) is 8.89. The van der Waals surface area contributed by atoms with Gasteiger partial charge in [-0.15, -0.1) is 0 Å². The van der Waals surface area contributed by atoms with Crippen LogP contribution in [0.5, 0.6) is 0 Å². The van der Waals surface area contributed by atoms with E-state index in [2.05, 4.69) is 0 Å². The Morgan fingerprint density at radius 1 is 1.44 bits per heavy atom. The second kappa shape index (κ2) is 4.74. The fourth-order valence-corrected chi connectivity index (χ4v) is 0.521. The highest BCUT2D eigenvalue weighted by molar-refractivity contribution is 6.28. The van der Waals surface area contributed by atoms with Crippen LogP contribution in [0.2, 0.25) is 0 Å². The number of hydrogen-bond donors (Lipinski definition) is 0. The molecule has 0 aliphatic carbocycles. The van der Waals surface area contributed by atoms with Crippen molar-refractivity contribution in [2.24, 2.45) is 0 Å². The standard InChI is InChI=1S/C6H9ClF2/c1-2-3-4-5(8)6(7)9/h2-4H2,1H3/b6-5+. The lowest BCUT2D eigenvalue weighted by Gasteiger charge is -1.91. The second-order valence-corrected chi connectivity index (χ2v) is 2.10. The first-order chi connectivity index (χ1) is 4.18. The summed E-state index contributed by atoms with van der Waals surface area (Å²) in [5.41, 5.74) is 0. The highest BCUT2D eigenvalue weighted by Crippen LogP contribution is 2.17. The molecule has 0 aromatic rings. The maximum absolute atomic E-state index is 12.1. The minimum Gasteiger partial charge on any atom is -0.208 e. The van der Waals surface area contributed by atoms with Crippen LogP contribution >= 0.6 is 11.6 Å². The predicted octanol–water partition coefficient (Wildman–Crippen LogP) is 3.52. The van der Waals surface area contributed by atoms with Crippen LogP contribution in [0.3, 0.4) is 0 Å². The molecule has 0 saturated carbocycles. The van der Waals surface area contributed by atoms with Crippen molar-refractivity contribution in [2.75, 3.05) is 0 Å². The Morgan fingerprint density at radius 2 is 2.00 bits per heavy atom. The summed E-state index contributed by atoms with van der Waals surface area (Å²) >= 11 is 4.70. The Labute approximate surface area is 58.5 Å². The van der Waals surface area contributed by atoms with Crippen molar-refractivity contribution in [3.8, 4) is 0 Å². The zero-order valence-electron chi connectivity index (χ0n) is 5.26. The molecule has 0 spiro atoms. The zero-order chi connectivity index (χ0) is 7.28. The molecule has 0 atom stereocenters. The number of halogens is 3. The van der Waals surface area contributed by atoms with E-state index >= 15 is 0 Å². The molecule has 0 aromatic carbocycles. The molecule has 0 radical (unpaired) electrons. The van der Waals surface area contributed by atoms with Crippen LogP contribution in [0.25, 0.3) is 0 Å². The van der Waals surface area contributed by atoms with E-state index in [1.807, 2.05) is 6.92 Å². The fourth-order valence-electron chi connectivity index (χ4n) is 0.426. The molecule has 0 heterocycles. The van der Waals surface area contributed by atoms with Crippen molar-refractivity contribution < 1.29 is 8.78 Å². The van der Waals surface area contributed by atoms with Gasteiger partial charge >= 0.3 is 0 Å². The van der Waals surface area contributed by atoms with E-state index in [9.17, 15) is 8.78 Å². The Kier molecular flexibility index (Phi) is 4.68. The van der Waals surface area contributed by atoms with Crippen LogP contribution in [-0.4, -0.2) is 0 Å². The van der Waals surface area contributed by atoms with Gasteiger partial charge in [-0.05, 0) is 18.0 Å². The SMILES string of the molecule is CCCC/C(F)=C(\F)Cl. The molecule has 0 aliphatic heterocycles. The molecule has 0 fully saturated rings. The van der Waals surface area contributed by atoms with E-state index in [0.29, 0.717) is 6.42 Å². The Balaban J connectivity index is 3.50. The summed E-state index contributed by atoms with van der Waals surface area (Å²) in [5.74, 6) is -0.835. The summed E-state index contributed by atoms with van der Waals surface area (Å²) in [6.45, 7) is 1.90. The molecule has 0 N–H and O–H groups in total. The molecule has 54 valence electrons. The van der Waals surface area contributed by atoms with Gasteiger partial charge in [0.1, 0.15) is 5.83 Å². The smallest absolute Gasteiger partial charge is 0.208 e. The molecule has 0 amide bonds. The first-order valence-electron chi connectivity index (χ1n) is 2.88. The van der Waals surface area contributed by atoms with Crippen LogP contribution in [0.1, 0.15) is 26.2 Å². The molecule has 0 nitrogen and oxygen atoms in total. The molecule has 0 saturated heterocycles. The van der Waals surface area contributed by atoms with Crippen LogP contribution < -0.4 is 0 Å². The van der Waals surface area contributed by atoms with Gasteiger partial charge in [0.15, 0.2) is 0 Å². The highest BCUT2D eigenvalue weighted by atomic mass is 35.5. The van der Waals surface area contributed by atoms with Crippen LogP contribution in [0.15, 0.2) is 11.1 Å². The largest absolute Gasteiger partial charge is 0.220 e. The Morgan fingerprint density at radius 3 is 2.33 bits per heavy atom. The van der Waals surface area contributed by atoms with E-state index < -0.39 is 11.1 Å². The Bertz CT molecular complexity index is 106. The maximum atomic E-state index is 12.1. The van der Waals surface area contributed by atoms with Crippen molar-refractivity contribution in [3.05, 3.63) is 11.1 Å². The number of rotatable bonds is 3. The molecule has 0 rings (SSSR count). The Hall–Kier alpha value is -0.110. The monoisotopic (exact) mass is 154 g/mol. The third-order valence-electron chi connectivity index (χ3n) is 0.955. The van der Waals surface area contributed by atoms with Gasteiger partial charge in [0, 0.05) is 6.42 Å². The maximum Gasteiger partial charge on any atom is 0.220 e. The van der Waals surface area contributed by atoms with Crippen molar-refractivity contribution in [3.63, 3.8) is 0 Å². The highest BCUT2D eigenvalue weighted by Gasteiger charge is 2.00. The van der Waals surface area contributed by atoms with E-state index in [1.165, 1.54) is 0 Å². The van der Waals surface area contributed by atoms with Gasteiger partial charge in [-0.1, -0.05) is 13.3 Å². The van der Waals surface area contributed by atoms with E-state index in [0.717, 1.165) is 6.42 Å². The lowest BCUT2D eigenvalue weighted by molar-refractivity contribution is 0.523. The van der Waals surface area contributed by atoms with Crippen LogP contribution in [0.4, 0.5) is 8.78 Å². The molecule has 0 bridgehead atoms. The molecule has 0 aliphatic rings. The summed E-state index contributed by atoms with van der Waals surface area (Å²) in [6, 6.07) is 0. The van der Waals surface area contributed by atoms with Crippen LogP contribution in [-0.2, 0) is 0 Å². The van der Waals surface area contributed by atoms with Gasteiger partial charge in [-0.3, -0.25) is 0 Å². The van der Waals surface area contributed by atoms with Gasteiger partial charge in [0.25, 0.3) is 0 Å². The first-order valence-corrected chi connectivity index (χ1v) is 3.26. The molecule has 0 aromatic heterocycles. The number of hydrogen-bond acceptors (Lipinski definition) is 0. The quantitative estimate of drug-likeness (QED) is 0.584. The van der Waals surface area contributed by atoms with Crippen molar-refractivity contribution in [1.29, 1.82) is 0 Å². The number of allylic oxidation sites excluding steroid dienone is 1. The predicted molar refractivity (Wildman–Crippen MR) is 34.6 cm³/mol. The molecule has 9 heavy (non-hydrogen) atoms. The summed E-state index contributed by atoms with van der Waals surface area (Å²) in [7, 11) is 0. The van der Waals surface area contributed by atoms with Gasteiger partial charge in [0.2, 0.25) is 5.29 Å². The summed E-state index contributed by atoms with van der Waals surface area (Å²) in [5, 5.41) is -1.21. The average molecular weight is 155 g/mol. The van der Waals surface area contributed by atoms with E-state index in [1.54, 1.807) is 0 Å². The molecular weight excluding hydrogens is 146 g/mol. The molecular formula is C6H9ClF2. The number of unbranched alkanes of at least 4 members (excludes halogenated alkanes) is 1. The van der Waals surface area contributed by atoms with Crippen LogP contribution in [0, 0.1) is 0 Å². The third-order valence-corrected chi connectivity index (χ3v) is 1.16. The fraction of sp³-hybridized carbons (Fsp3) is 0.667. The minimum absolute atomic E-state index is 0.117. The second-order valence-electron chi connectivity index (χ2n) is 1.77. The lowest BCUT2D eigenvalue weighted by atomic mass is 10.2. The van der Waals surface area contributed by atoms with Crippen molar-refractivity contribution in [1.82, 2.24) is 0 Å². The average Bonchev–Trinajstić information content (AvgIpc) is 1.82. The van der Waals surface area contributed by atoms with Gasteiger partial charge in [-0.25, -0.2) is 4.39 Å². The summed E-state index contributed by atoms with van der Waals surface area (Å²) in [6.07, 6.45) is 1.61. The van der Waals surface area contributed by atoms with Crippen molar-refractivity contribution >= 4 is 11.6 Å².